The minimum Gasteiger partial charge on any atom is -0.278 e. The molecular weight excluding hydrogens is 255 g/mol. The van der Waals surface area contributed by atoms with E-state index in [1.807, 2.05) is 30.3 Å². The molecule has 4 heteroatoms. The molecule has 0 fully saturated rings. The largest absolute Gasteiger partial charge is 0.278 e. The summed E-state index contributed by atoms with van der Waals surface area (Å²) in [5.74, 6) is 0.177. The van der Waals surface area contributed by atoms with Crippen molar-refractivity contribution in [1.82, 2.24) is 0 Å². The zero-order valence-corrected chi connectivity index (χ0v) is 11.4. The van der Waals surface area contributed by atoms with E-state index in [0.717, 1.165) is 5.69 Å². The molecule has 3 nitrogen and oxygen atoms in total. The number of aliphatic imine (C=N–C) groups is 1. The predicted molar refractivity (Wildman–Crippen MR) is 78.9 cm³/mol. The lowest BCUT2D eigenvalue weighted by Gasteiger charge is -2.17. The number of hydrogen-bond acceptors (Lipinski definition) is 2. The van der Waals surface area contributed by atoms with Gasteiger partial charge in [0.1, 0.15) is 11.7 Å². The van der Waals surface area contributed by atoms with Gasteiger partial charge in [0.15, 0.2) is 0 Å². The molecule has 0 unspecified atom stereocenters. The van der Waals surface area contributed by atoms with Gasteiger partial charge in [-0.3, -0.25) is 9.69 Å². The maximum atomic E-state index is 13.5. The fourth-order valence-corrected chi connectivity index (χ4v) is 1.86. The molecule has 0 saturated carbocycles. The second-order valence-corrected chi connectivity index (χ2v) is 4.35. The Morgan fingerprint density at radius 3 is 2.50 bits per heavy atom. The summed E-state index contributed by atoms with van der Waals surface area (Å²) in [7, 11) is 0. The topological polar surface area (TPSA) is 32.7 Å². The Kier molecular flexibility index (Phi) is 4.25. The number of carbonyl (C=O) groups excluding carboxylic acids is 1. The molecule has 0 bridgehead atoms. The van der Waals surface area contributed by atoms with Gasteiger partial charge in [0.05, 0.1) is 5.69 Å². The van der Waals surface area contributed by atoms with Crippen LogP contribution >= 0.6 is 0 Å². The molecule has 20 heavy (non-hydrogen) atoms. The van der Waals surface area contributed by atoms with Gasteiger partial charge < -0.3 is 0 Å². The van der Waals surface area contributed by atoms with E-state index in [9.17, 15) is 9.18 Å². The highest BCUT2D eigenvalue weighted by molar-refractivity contribution is 6.09. The molecule has 2 aromatic rings. The van der Waals surface area contributed by atoms with Crippen molar-refractivity contribution in [2.45, 2.75) is 13.8 Å². The maximum absolute atomic E-state index is 13.5. The van der Waals surface area contributed by atoms with Crippen molar-refractivity contribution >= 4 is 23.6 Å². The molecule has 0 aliphatic rings. The number of para-hydroxylation sites is 1. The van der Waals surface area contributed by atoms with Gasteiger partial charge in [-0.2, -0.15) is 0 Å². The summed E-state index contributed by atoms with van der Waals surface area (Å²) >= 11 is 0. The number of halogens is 1. The van der Waals surface area contributed by atoms with Gasteiger partial charge >= 0.3 is 0 Å². The molecule has 0 N–H and O–H groups in total. The van der Waals surface area contributed by atoms with Crippen LogP contribution in [0.2, 0.25) is 0 Å². The zero-order chi connectivity index (χ0) is 14.5. The SMILES string of the molecule is CC(=Nc1cccc(F)c1C)N(C=O)c1ccccc1. The number of anilines is 1. The first-order chi connectivity index (χ1) is 9.63. The van der Waals surface area contributed by atoms with Crippen molar-refractivity contribution in [3.63, 3.8) is 0 Å². The average molecular weight is 270 g/mol. The van der Waals surface area contributed by atoms with Crippen LogP contribution in [0.15, 0.2) is 53.5 Å². The van der Waals surface area contributed by atoms with Crippen LogP contribution in [0, 0.1) is 12.7 Å². The molecule has 0 atom stereocenters. The standard InChI is InChI=1S/C16H15FN2O/c1-12-15(17)9-6-10-16(12)18-13(2)19(11-20)14-7-4-3-5-8-14/h3-11H,1-2H3. The first kappa shape index (κ1) is 13.9. The third-order valence-corrected chi connectivity index (χ3v) is 3.01. The molecule has 0 aliphatic heterocycles. The van der Waals surface area contributed by atoms with Gasteiger partial charge in [0.2, 0.25) is 6.41 Å². The van der Waals surface area contributed by atoms with Crippen LogP contribution in [0.4, 0.5) is 15.8 Å². The maximum Gasteiger partial charge on any atom is 0.219 e. The van der Waals surface area contributed by atoms with Crippen molar-refractivity contribution in [3.8, 4) is 0 Å². The highest BCUT2D eigenvalue weighted by Crippen LogP contribution is 2.22. The first-order valence-corrected chi connectivity index (χ1v) is 6.23. The summed E-state index contributed by atoms with van der Waals surface area (Å²) < 4.78 is 13.5. The van der Waals surface area contributed by atoms with Gasteiger partial charge in [-0.1, -0.05) is 24.3 Å². The predicted octanol–water partition coefficient (Wildman–Crippen LogP) is 3.85. The Bertz CT molecular complexity index is 638. The third kappa shape index (κ3) is 2.91. The van der Waals surface area contributed by atoms with E-state index in [4.69, 9.17) is 0 Å². The second kappa shape index (κ2) is 6.10. The average Bonchev–Trinajstić information content (AvgIpc) is 2.46. The van der Waals surface area contributed by atoms with Crippen molar-refractivity contribution in [3.05, 3.63) is 59.9 Å². The summed E-state index contributed by atoms with van der Waals surface area (Å²) in [4.78, 5) is 17.0. The van der Waals surface area contributed by atoms with Crippen LogP contribution in [-0.2, 0) is 4.79 Å². The molecule has 2 aromatic carbocycles. The van der Waals surface area contributed by atoms with E-state index in [1.165, 1.54) is 11.0 Å². The molecule has 0 heterocycles. The fraction of sp³-hybridized carbons (Fsp3) is 0.125. The van der Waals surface area contributed by atoms with Crippen molar-refractivity contribution in [1.29, 1.82) is 0 Å². The molecule has 2 rings (SSSR count). The van der Waals surface area contributed by atoms with Crippen LogP contribution in [0.5, 0.6) is 0 Å². The molecule has 0 aliphatic carbocycles. The number of carbonyl (C=O) groups is 1. The molecule has 0 spiro atoms. The Balaban J connectivity index is 2.38. The molecule has 102 valence electrons. The summed E-state index contributed by atoms with van der Waals surface area (Å²) in [6.45, 7) is 3.38. The normalized spacial score (nSPS) is 11.2. The number of nitrogens with zero attached hydrogens (tertiary/aromatic N) is 2. The highest BCUT2D eigenvalue weighted by atomic mass is 19.1. The molecule has 1 amide bonds. The van der Waals surface area contributed by atoms with Crippen molar-refractivity contribution in [2.24, 2.45) is 4.99 Å². The van der Waals surface area contributed by atoms with Crippen LogP contribution in [0.3, 0.4) is 0 Å². The van der Waals surface area contributed by atoms with Crippen LogP contribution in [-0.4, -0.2) is 12.2 Å². The van der Waals surface area contributed by atoms with Gasteiger partial charge in [-0.25, -0.2) is 9.38 Å². The highest BCUT2D eigenvalue weighted by Gasteiger charge is 2.09. The Morgan fingerprint density at radius 1 is 1.15 bits per heavy atom. The van der Waals surface area contributed by atoms with Gasteiger partial charge in [-0.15, -0.1) is 0 Å². The molecule has 0 radical (unpaired) electrons. The summed E-state index contributed by atoms with van der Waals surface area (Å²) in [6, 6.07) is 13.9. The van der Waals surface area contributed by atoms with E-state index in [-0.39, 0.29) is 5.82 Å². The van der Waals surface area contributed by atoms with Crippen LogP contribution in [0.1, 0.15) is 12.5 Å². The van der Waals surface area contributed by atoms with Gasteiger partial charge in [0.25, 0.3) is 0 Å². The lowest BCUT2D eigenvalue weighted by atomic mass is 10.2. The lowest BCUT2D eigenvalue weighted by molar-refractivity contribution is -0.106. The summed E-state index contributed by atoms with van der Waals surface area (Å²) in [5.41, 5.74) is 1.70. The van der Waals surface area contributed by atoms with E-state index < -0.39 is 0 Å². The zero-order valence-electron chi connectivity index (χ0n) is 11.4. The summed E-state index contributed by atoms with van der Waals surface area (Å²) in [6.07, 6.45) is 0.697. The number of amidine groups is 1. The Hall–Kier alpha value is -2.49. The molecular formula is C16H15FN2O. The van der Waals surface area contributed by atoms with Crippen molar-refractivity contribution in [2.75, 3.05) is 4.90 Å². The summed E-state index contributed by atoms with van der Waals surface area (Å²) in [5, 5.41) is 0. The lowest BCUT2D eigenvalue weighted by Crippen LogP contribution is -2.26. The quantitative estimate of drug-likeness (QED) is 0.473. The number of benzene rings is 2. The Labute approximate surface area is 117 Å². The smallest absolute Gasteiger partial charge is 0.219 e. The minimum absolute atomic E-state index is 0.309. The molecule has 0 saturated heterocycles. The number of rotatable bonds is 3. The number of amides is 1. The fourth-order valence-electron chi connectivity index (χ4n) is 1.86. The van der Waals surface area contributed by atoms with Crippen LogP contribution in [0.25, 0.3) is 0 Å². The van der Waals surface area contributed by atoms with Gasteiger partial charge in [-0.05, 0) is 38.1 Å². The van der Waals surface area contributed by atoms with Crippen LogP contribution < -0.4 is 4.90 Å². The van der Waals surface area contributed by atoms with E-state index in [0.29, 0.717) is 23.5 Å². The second-order valence-electron chi connectivity index (χ2n) is 4.35. The monoisotopic (exact) mass is 270 g/mol. The molecule has 0 aromatic heterocycles. The van der Waals surface area contributed by atoms with E-state index in [2.05, 4.69) is 4.99 Å². The number of hydrogen-bond donors (Lipinski definition) is 0. The van der Waals surface area contributed by atoms with E-state index in [1.54, 1.807) is 26.0 Å². The Morgan fingerprint density at radius 2 is 1.85 bits per heavy atom. The van der Waals surface area contributed by atoms with Gasteiger partial charge in [0, 0.05) is 11.3 Å². The third-order valence-electron chi connectivity index (χ3n) is 3.01. The minimum atomic E-state index is -0.309. The van der Waals surface area contributed by atoms with E-state index >= 15 is 0 Å². The van der Waals surface area contributed by atoms with Crippen molar-refractivity contribution < 1.29 is 9.18 Å². The first-order valence-electron chi connectivity index (χ1n) is 6.23.